The molecular formula is C14H18NO2-. The van der Waals surface area contributed by atoms with Crippen LogP contribution in [0.25, 0.3) is 6.08 Å². The molecule has 0 aliphatic heterocycles. The van der Waals surface area contributed by atoms with Crippen molar-refractivity contribution in [1.82, 2.24) is 4.90 Å². The average Bonchev–Trinajstić information content (AvgIpc) is 2.34. The van der Waals surface area contributed by atoms with Crippen LogP contribution in [0.5, 0.6) is 0 Å². The first-order valence-corrected chi connectivity index (χ1v) is 5.86. The van der Waals surface area contributed by atoms with Gasteiger partial charge in [-0.15, -0.1) is 0 Å². The van der Waals surface area contributed by atoms with Gasteiger partial charge in [-0.1, -0.05) is 49.4 Å². The number of likely N-dealkylation sites (N-methyl/N-ethyl adjacent to an activating group) is 1. The van der Waals surface area contributed by atoms with Crippen LogP contribution in [0.15, 0.2) is 36.4 Å². The molecule has 0 radical (unpaired) electrons. The van der Waals surface area contributed by atoms with Crippen LogP contribution in [0, 0.1) is 0 Å². The molecular weight excluding hydrogens is 214 g/mol. The molecule has 0 unspecified atom stereocenters. The predicted octanol–water partition coefficient (Wildman–Crippen LogP) is 1.16. The van der Waals surface area contributed by atoms with Gasteiger partial charge in [0.25, 0.3) is 0 Å². The molecule has 3 nitrogen and oxygen atoms in total. The Kier molecular flexibility index (Phi) is 6.04. The molecule has 0 aromatic heterocycles. The lowest BCUT2D eigenvalue weighted by Crippen LogP contribution is -2.31. The molecule has 0 heterocycles. The van der Waals surface area contributed by atoms with Gasteiger partial charge in [0.05, 0.1) is 0 Å². The number of rotatable bonds is 7. The van der Waals surface area contributed by atoms with E-state index < -0.39 is 5.97 Å². The van der Waals surface area contributed by atoms with Crippen LogP contribution in [-0.4, -0.2) is 30.5 Å². The normalized spacial score (nSPS) is 11.2. The highest BCUT2D eigenvalue weighted by Gasteiger charge is 1.99. The molecule has 0 aliphatic carbocycles. The third-order valence-corrected chi connectivity index (χ3v) is 2.55. The molecule has 0 saturated heterocycles. The van der Waals surface area contributed by atoms with E-state index in [4.69, 9.17) is 0 Å². The van der Waals surface area contributed by atoms with Crippen molar-refractivity contribution in [2.75, 3.05) is 19.6 Å². The number of hydrogen-bond acceptors (Lipinski definition) is 3. The van der Waals surface area contributed by atoms with Crippen LogP contribution >= 0.6 is 0 Å². The Morgan fingerprint density at radius 2 is 2.06 bits per heavy atom. The second-order valence-electron chi connectivity index (χ2n) is 3.83. The van der Waals surface area contributed by atoms with Crippen molar-refractivity contribution in [3.63, 3.8) is 0 Å². The van der Waals surface area contributed by atoms with Gasteiger partial charge in [0.15, 0.2) is 0 Å². The van der Waals surface area contributed by atoms with Crippen LogP contribution in [-0.2, 0) is 4.79 Å². The minimum Gasteiger partial charge on any atom is -0.550 e. The third-order valence-electron chi connectivity index (χ3n) is 2.55. The van der Waals surface area contributed by atoms with Gasteiger partial charge in [-0.05, 0) is 18.5 Å². The maximum Gasteiger partial charge on any atom is 0.0427 e. The van der Waals surface area contributed by atoms with Gasteiger partial charge in [0.1, 0.15) is 0 Å². The van der Waals surface area contributed by atoms with Crippen molar-refractivity contribution >= 4 is 12.0 Å². The molecule has 0 aliphatic rings. The SMILES string of the molecule is CCN(C/C=C/c1ccccc1)CCC(=O)[O-]. The summed E-state index contributed by atoms with van der Waals surface area (Å²) in [7, 11) is 0. The highest BCUT2D eigenvalue weighted by molar-refractivity contribution is 5.64. The number of carbonyl (C=O) groups excluding carboxylic acids is 1. The molecule has 0 spiro atoms. The third kappa shape index (κ3) is 5.88. The van der Waals surface area contributed by atoms with Gasteiger partial charge in [-0.25, -0.2) is 0 Å². The van der Waals surface area contributed by atoms with Crippen LogP contribution < -0.4 is 5.11 Å². The summed E-state index contributed by atoms with van der Waals surface area (Å²) in [5.74, 6) is -0.990. The van der Waals surface area contributed by atoms with Crippen LogP contribution in [0.4, 0.5) is 0 Å². The lowest BCUT2D eigenvalue weighted by atomic mass is 10.2. The van der Waals surface area contributed by atoms with E-state index in [0.717, 1.165) is 18.7 Å². The predicted molar refractivity (Wildman–Crippen MR) is 67.2 cm³/mol. The summed E-state index contributed by atoms with van der Waals surface area (Å²) >= 11 is 0. The largest absolute Gasteiger partial charge is 0.550 e. The van der Waals surface area contributed by atoms with E-state index in [9.17, 15) is 9.90 Å². The summed E-state index contributed by atoms with van der Waals surface area (Å²) < 4.78 is 0. The van der Waals surface area contributed by atoms with Crippen LogP contribution in [0.2, 0.25) is 0 Å². The van der Waals surface area contributed by atoms with Crippen LogP contribution in [0.3, 0.4) is 0 Å². The van der Waals surface area contributed by atoms with E-state index in [-0.39, 0.29) is 6.42 Å². The van der Waals surface area contributed by atoms with Gasteiger partial charge in [0.2, 0.25) is 0 Å². The zero-order chi connectivity index (χ0) is 12.5. The molecule has 1 aromatic carbocycles. The second-order valence-corrected chi connectivity index (χ2v) is 3.83. The molecule has 1 aromatic rings. The summed E-state index contributed by atoms with van der Waals surface area (Å²) in [6.07, 6.45) is 4.18. The highest BCUT2D eigenvalue weighted by atomic mass is 16.4. The fraction of sp³-hybridized carbons (Fsp3) is 0.357. The monoisotopic (exact) mass is 232 g/mol. The first-order chi connectivity index (χ1) is 8.22. The fourth-order valence-electron chi connectivity index (χ4n) is 1.53. The number of nitrogens with zero attached hydrogens (tertiary/aromatic N) is 1. The molecule has 0 fully saturated rings. The topological polar surface area (TPSA) is 43.4 Å². The lowest BCUT2D eigenvalue weighted by molar-refractivity contribution is -0.305. The molecule has 1 rings (SSSR count). The molecule has 17 heavy (non-hydrogen) atoms. The number of carbonyl (C=O) groups is 1. The molecule has 0 atom stereocenters. The summed E-state index contributed by atoms with van der Waals surface area (Å²) in [5.41, 5.74) is 1.16. The first-order valence-electron chi connectivity index (χ1n) is 5.86. The van der Waals surface area contributed by atoms with E-state index in [1.54, 1.807) is 0 Å². The second kappa shape index (κ2) is 7.63. The van der Waals surface area contributed by atoms with E-state index in [0.29, 0.717) is 6.54 Å². The van der Waals surface area contributed by atoms with Gasteiger partial charge >= 0.3 is 0 Å². The number of aliphatic carboxylic acids is 1. The number of benzene rings is 1. The Morgan fingerprint density at radius 1 is 1.35 bits per heavy atom. The van der Waals surface area contributed by atoms with Gasteiger partial charge < -0.3 is 9.90 Å². The summed E-state index contributed by atoms with van der Waals surface area (Å²) in [5, 5.41) is 10.4. The molecule has 0 saturated carbocycles. The highest BCUT2D eigenvalue weighted by Crippen LogP contribution is 2.01. The Bertz CT molecular complexity index is 360. The van der Waals surface area contributed by atoms with Crippen molar-refractivity contribution in [2.45, 2.75) is 13.3 Å². The number of hydrogen-bond donors (Lipinski definition) is 0. The van der Waals surface area contributed by atoms with E-state index >= 15 is 0 Å². The minimum absolute atomic E-state index is 0.0903. The molecule has 0 bridgehead atoms. The minimum atomic E-state index is -0.990. The molecule has 92 valence electrons. The molecule has 0 amide bonds. The zero-order valence-corrected chi connectivity index (χ0v) is 10.1. The number of carboxylic acids is 1. The van der Waals surface area contributed by atoms with Gasteiger partial charge in [0, 0.05) is 19.1 Å². The van der Waals surface area contributed by atoms with Crippen LogP contribution in [0.1, 0.15) is 18.9 Å². The van der Waals surface area contributed by atoms with E-state index in [1.165, 1.54) is 0 Å². The van der Waals surface area contributed by atoms with Crippen molar-refractivity contribution in [3.8, 4) is 0 Å². The Labute approximate surface area is 102 Å². The maximum absolute atomic E-state index is 10.4. The van der Waals surface area contributed by atoms with E-state index in [2.05, 4.69) is 4.90 Å². The smallest absolute Gasteiger partial charge is 0.0427 e. The Balaban J connectivity index is 2.37. The zero-order valence-electron chi connectivity index (χ0n) is 10.1. The first kappa shape index (κ1) is 13.5. The van der Waals surface area contributed by atoms with Crippen molar-refractivity contribution in [3.05, 3.63) is 42.0 Å². The van der Waals surface area contributed by atoms with E-state index in [1.807, 2.05) is 49.4 Å². The summed E-state index contributed by atoms with van der Waals surface area (Å²) in [6.45, 7) is 4.16. The van der Waals surface area contributed by atoms with Gasteiger partial charge in [-0.3, -0.25) is 4.90 Å². The molecule has 3 heteroatoms. The summed E-state index contributed by atoms with van der Waals surface area (Å²) in [4.78, 5) is 12.4. The maximum atomic E-state index is 10.4. The average molecular weight is 232 g/mol. The van der Waals surface area contributed by atoms with Crippen molar-refractivity contribution < 1.29 is 9.90 Å². The lowest BCUT2D eigenvalue weighted by Gasteiger charge is -2.18. The van der Waals surface area contributed by atoms with Crippen molar-refractivity contribution in [1.29, 1.82) is 0 Å². The number of carboxylic acid groups (broad SMARTS) is 1. The summed E-state index contributed by atoms with van der Waals surface area (Å²) in [6, 6.07) is 10.0. The van der Waals surface area contributed by atoms with Gasteiger partial charge in [-0.2, -0.15) is 0 Å². The Morgan fingerprint density at radius 3 is 2.65 bits per heavy atom. The Hall–Kier alpha value is -1.61. The fourth-order valence-corrected chi connectivity index (χ4v) is 1.53. The van der Waals surface area contributed by atoms with Crippen molar-refractivity contribution in [2.24, 2.45) is 0 Å². The molecule has 0 N–H and O–H groups in total. The standard InChI is InChI=1S/C14H19NO2/c1-2-15(12-10-14(16)17)11-6-9-13-7-4-3-5-8-13/h3-9H,2,10-12H2,1H3,(H,16,17)/p-1/b9-6+. The quantitative estimate of drug-likeness (QED) is 0.708.